The SMILES string of the molecule is CCC(C)CNC1(CNC(=O)OC(C)(C)C)CCCCC1C. The van der Waals surface area contributed by atoms with Crippen molar-refractivity contribution in [2.24, 2.45) is 11.8 Å². The number of carbonyl (C=O) groups excluding carboxylic acids is 1. The van der Waals surface area contributed by atoms with Crippen molar-refractivity contribution < 1.29 is 9.53 Å². The van der Waals surface area contributed by atoms with E-state index in [2.05, 4.69) is 31.4 Å². The van der Waals surface area contributed by atoms with Crippen LogP contribution in [0.15, 0.2) is 0 Å². The molecule has 1 amide bonds. The minimum atomic E-state index is -0.445. The van der Waals surface area contributed by atoms with Gasteiger partial charge >= 0.3 is 6.09 Å². The van der Waals surface area contributed by atoms with Gasteiger partial charge in [0.05, 0.1) is 0 Å². The van der Waals surface area contributed by atoms with Crippen LogP contribution in [0.3, 0.4) is 0 Å². The highest BCUT2D eigenvalue weighted by Gasteiger charge is 2.38. The van der Waals surface area contributed by atoms with Crippen LogP contribution in [0.4, 0.5) is 4.79 Å². The molecule has 22 heavy (non-hydrogen) atoms. The molecule has 0 saturated heterocycles. The second-order valence-electron chi connectivity index (χ2n) is 8.05. The topological polar surface area (TPSA) is 50.4 Å². The first-order valence-corrected chi connectivity index (χ1v) is 8.90. The van der Waals surface area contributed by atoms with Crippen molar-refractivity contribution in [1.82, 2.24) is 10.6 Å². The van der Waals surface area contributed by atoms with Gasteiger partial charge in [0.2, 0.25) is 0 Å². The van der Waals surface area contributed by atoms with Crippen LogP contribution >= 0.6 is 0 Å². The predicted octanol–water partition coefficient (Wildman–Crippen LogP) is 4.10. The summed E-state index contributed by atoms with van der Waals surface area (Å²) >= 11 is 0. The van der Waals surface area contributed by atoms with E-state index in [9.17, 15) is 4.79 Å². The fraction of sp³-hybridized carbons (Fsp3) is 0.944. The summed E-state index contributed by atoms with van der Waals surface area (Å²) in [5, 5.41) is 6.78. The van der Waals surface area contributed by atoms with Gasteiger partial charge in [0.25, 0.3) is 0 Å². The molecule has 130 valence electrons. The molecule has 0 bridgehead atoms. The van der Waals surface area contributed by atoms with Crippen molar-refractivity contribution >= 4 is 6.09 Å². The first-order chi connectivity index (χ1) is 10.2. The largest absolute Gasteiger partial charge is 0.444 e. The molecule has 0 spiro atoms. The number of hydrogen-bond donors (Lipinski definition) is 2. The lowest BCUT2D eigenvalue weighted by atomic mass is 9.73. The highest BCUT2D eigenvalue weighted by molar-refractivity contribution is 5.67. The summed E-state index contributed by atoms with van der Waals surface area (Å²) in [7, 11) is 0. The molecule has 1 aliphatic rings. The summed E-state index contributed by atoms with van der Waals surface area (Å²) in [5.41, 5.74) is -0.432. The second-order valence-corrected chi connectivity index (χ2v) is 8.05. The third kappa shape index (κ3) is 6.15. The van der Waals surface area contributed by atoms with Crippen molar-refractivity contribution in [3.63, 3.8) is 0 Å². The molecule has 2 N–H and O–H groups in total. The molecule has 1 saturated carbocycles. The zero-order valence-corrected chi connectivity index (χ0v) is 15.4. The van der Waals surface area contributed by atoms with E-state index in [4.69, 9.17) is 4.74 Å². The quantitative estimate of drug-likeness (QED) is 0.776. The molecule has 1 fully saturated rings. The molecule has 0 radical (unpaired) electrons. The molecule has 3 atom stereocenters. The smallest absolute Gasteiger partial charge is 0.407 e. The Morgan fingerprint density at radius 2 is 2.05 bits per heavy atom. The van der Waals surface area contributed by atoms with Gasteiger partial charge in [-0.3, -0.25) is 0 Å². The van der Waals surface area contributed by atoms with Crippen LogP contribution in [0.2, 0.25) is 0 Å². The normalized spacial score (nSPS) is 27.3. The molecule has 0 aromatic rings. The Bertz CT molecular complexity index is 351. The van der Waals surface area contributed by atoms with Gasteiger partial charge in [-0.1, -0.05) is 40.0 Å². The second kappa shape index (κ2) is 8.19. The molecule has 0 aromatic heterocycles. The van der Waals surface area contributed by atoms with Gasteiger partial charge in [0.15, 0.2) is 0 Å². The van der Waals surface area contributed by atoms with E-state index in [0.717, 1.165) is 13.0 Å². The van der Waals surface area contributed by atoms with Crippen molar-refractivity contribution in [2.75, 3.05) is 13.1 Å². The van der Waals surface area contributed by atoms with Crippen LogP contribution in [0.25, 0.3) is 0 Å². The van der Waals surface area contributed by atoms with Crippen LogP contribution in [0.5, 0.6) is 0 Å². The highest BCUT2D eigenvalue weighted by atomic mass is 16.6. The zero-order chi connectivity index (χ0) is 16.8. The number of amides is 1. The van der Waals surface area contributed by atoms with E-state index < -0.39 is 5.60 Å². The van der Waals surface area contributed by atoms with Gasteiger partial charge in [-0.15, -0.1) is 0 Å². The Morgan fingerprint density at radius 3 is 2.59 bits per heavy atom. The number of hydrogen-bond acceptors (Lipinski definition) is 3. The number of ether oxygens (including phenoxy) is 1. The monoisotopic (exact) mass is 312 g/mol. The van der Waals surface area contributed by atoms with Gasteiger partial charge in [0.1, 0.15) is 5.60 Å². The minimum Gasteiger partial charge on any atom is -0.444 e. The Morgan fingerprint density at radius 1 is 1.36 bits per heavy atom. The molecular weight excluding hydrogens is 276 g/mol. The molecule has 3 unspecified atom stereocenters. The summed E-state index contributed by atoms with van der Waals surface area (Å²) in [5.74, 6) is 1.23. The van der Waals surface area contributed by atoms with Gasteiger partial charge in [-0.2, -0.15) is 0 Å². The minimum absolute atomic E-state index is 0.0125. The Balaban J connectivity index is 2.64. The third-order valence-electron chi connectivity index (χ3n) is 4.90. The fourth-order valence-electron chi connectivity index (χ4n) is 3.07. The third-order valence-corrected chi connectivity index (χ3v) is 4.90. The van der Waals surface area contributed by atoms with Crippen LogP contribution in [-0.4, -0.2) is 30.3 Å². The molecule has 4 nitrogen and oxygen atoms in total. The first kappa shape index (κ1) is 19.3. The van der Waals surface area contributed by atoms with Crippen molar-refractivity contribution in [3.05, 3.63) is 0 Å². The summed E-state index contributed by atoms with van der Waals surface area (Å²) < 4.78 is 5.38. The van der Waals surface area contributed by atoms with E-state index in [-0.39, 0.29) is 11.6 Å². The van der Waals surface area contributed by atoms with E-state index in [1.165, 1.54) is 25.7 Å². The maximum atomic E-state index is 12.0. The van der Waals surface area contributed by atoms with Gasteiger partial charge < -0.3 is 15.4 Å². The lowest BCUT2D eigenvalue weighted by Crippen LogP contribution is -2.60. The lowest BCUT2D eigenvalue weighted by Gasteiger charge is -2.44. The Labute approximate surface area is 136 Å². The average molecular weight is 312 g/mol. The van der Waals surface area contributed by atoms with Gasteiger partial charge in [-0.05, 0) is 52.0 Å². The van der Waals surface area contributed by atoms with Gasteiger partial charge in [-0.25, -0.2) is 4.79 Å². The van der Waals surface area contributed by atoms with E-state index in [0.29, 0.717) is 18.4 Å². The zero-order valence-electron chi connectivity index (χ0n) is 15.4. The summed E-state index contributed by atoms with van der Waals surface area (Å²) in [6, 6.07) is 0. The Hall–Kier alpha value is -0.770. The Kier molecular flexibility index (Phi) is 7.17. The van der Waals surface area contributed by atoms with E-state index in [1.54, 1.807) is 0 Å². The molecule has 0 heterocycles. The fourth-order valence-corrected chi connectivity index (χ4v) is 3.07. The first-order valence-electron chi connectivity index (χ1n) is 8.90. The number of rotatable bonds is 6. The maximum absolute atomic E-state index is 12.0. The summed E-state index contributed by atoms with van der Waals surface area (Å²) in [6.07, 6.45) is 5.74. The van der Waals surface area contributed by atoms with Gasteiger partial charge in [0, 0.05) is 12.1 Å². The number of carbonyl (C=O) groups is 1. The molecule has 0 aromatic carbocycles. The van der Waals surface area contributed by atoms with Crippen LogP contribution in [0, 0.1) is 11.8 Å². The van der Waals surface area contributed by atoms with Crippen LogP contribution in [-0.2, 0) is 4.74 Å². The summed E-state index contributed by atoms with van der Waals surface area (Å²) in [4.78, 5) is 12.0. The maximum Gasteiger partial charge on any atom is 0.407 e. The molecule has 1 rings (SSSR count). The van der Waals surface area contributed by atoms with Crippen molar-refractivity contribution in [3.8, 4) is 0 Å². The lowest BCUT2D eigenvalue weighted by molar-refractivity contribution is 0.0478. The number of alkyl carbamates (subject to hydrolysis) is 1. The van der Waals surface area contributed by atoms with Crippen molar-refractivity contribution in [1.29, 1.82) is 0 Å². The van der Waals surface area contributed by atoms with E-state index >= 15 is 0 Å². The number of nitrogens with one attached hydrogen (secondary N) is 2. The molecule has 4 heteroatoms. The van der Waals surface area contributed by atoms with E-state index in [1.807, 2.05) is 20.8 Å². The predicted molar refractivity (Wildman–Crippen MR) is 92.1 cm³/mol. The average Bonchev–Trinajstić information content (AvgIpc) is 2.43. The highest BCUT2D eigenvalue weighted by Crippen LogP contribution is 2.33. The van der Waals surface area contributed by atoms with Crippen LogP contribution < -0.4 is 10.6 Å². The molecule has 0 aliphatic heterocycles. The molecular formula is C18H36N2O2. The van der Waals surface area contributed by atoms with Crippen LogP contribution in [0.1, 0.15) is 73.6 Å². The van der Waals surface area contributed by atoms with Crippen molar-refractivity contribution in [2.45, 2.75) is 84.8 Å². The molecule has 1 aliphatic carbocycles. The standard InChI is InChI=1S/C18H36N2O2/c1-7-14(2)12-20-18(11-9-8-10-15(18)3)13-19-16(21)22-17(4,5)6/h14-15,20H,7-13H2,1-6H3,(H,19,21). The summed E-state index contributed by atoms with van der Waals surface area (Å²) in [6.45, 7) is 14.2.